The minimum atomic E-state index is -0.747. The zero-order valence-electron chi connectivity index (χ0n) is 16.9. The first-order valence-corrected chi connectivity index (χ1v) is 9.98. The second kappa shape index (κ2) is 7.59. The normalized spacial score (nSPS) is 19.5. The predicted octanol–water partition coefficient (Wildman–Crippen LogP) is 1.33. The Kier molecular flexibility index (Phi) is 4.74. The first kappa shape index (κ1) is 19.4. The van der Waals surface area contributed by atoms with Gasteiger partial charge in [-0.25, -0.2) is 0 Å². The van der Waals surface area contributed by atoms with Gasteiger partial charge in [0.2, 0.25) is 18.6 Å². The van der Waals surface area contributed by atoms with Crippen molar-refractivity contribution in [2.24, 2.45) is 0 Å². The lowest BCUT2D eigenvalue weighted by Crippen LogP contribution is -2.59. The Balaban J connectivity index is 1.45. The number of piperazine rings is 1. The van der Waals surface area contributed by atoms with E-state index in [1.165, 1.54) is 7.11 Å². The van der Waals surface area contributed by atoms with Gasteiger partial charge in [-0.2, -0.15) is 0 Å². The Hall–Kier alpha value is -3.59. The summed E-state index contributed by atoms with van der Waals surface area (Å²) in [4.78, 5) is 41.5. The van der Waals surface area contributed by atoms with Gasteiger partial charge in [-0.3, -0.25) is 14.4 Å². The summed E-state index contributed by atoms with van der Waals surface area (Å²) in [6.07, 6.45) is 0. The molecule has 0 aliphatic carbocycles. The number of anilines is 1. The molecule has 9 nitrogen and oxygen atoms in total. The number of hydrogen-bond acceptors (Lipinski definition) is 6. The minimum absolute atomic E-state index is 0.0542. The molecule has 3 aliphatic rings. The van der Waals surface area contributed by atoms with Crippen molar-refractivity contribution in [1.29, 1.82) is 0 Å². The molecular weight excluding hydrogens is 402 g/mol. The van der Waals surface area contributed by atoms with Crippen LogP contribution in [0, 0.1) is 0 Å². The van der Waals surface area contributed by atoms with E-state index >= 15 is 0 Å². The third kappa shape index (κ3) is 3.36. The SMILES string of the molecule is COCC(=O)N1CCN2C(=O)c3cc(-c4ccc5c(c4)OCO5)ccc3NC(=O)C2C1. The van der Waals surface area contributed by atoms with Crippen molar-refractivity contribution in [1.82, 2.24) is 9.80 Å². The molecule has 1 unspecified atom stereocenters. The molecule has 1 N–H and O–H groups in total. The molecule has 0 aromatic heterocycles. The Labute approximate surface area is 178 Å². The van der Waals surface area contributed by atoms with E-state index in [0.29, 0.717) is 29.3 Å². The monoisotopic (exact) mass is 423 g/mol. The molecule has 5 rings (SSSR count). The highest BCUT2D eigenvalue weighted by atomic mass is 16.7. The summed E-state index contributed by atoms with van der Waals surface area (Å²) < 4.78 is 15.7. The number of amides is 3. The van der Waals surface area contributed by atoms with Gasteiger partial charge in [-0.1, -0.05) is 12.1 Å². The zero-order valence-corrected chi connectivity index (χ0v) is 16.9. The van der Waals surface area contributed by atoms with Gasteiger partial charge in [-0.05, 0) is 35.4 Å². The van der Waals surface area contributed by atoms with Gasteiger partial charge in [-0.15, -0.1) is 0 Å². The van der Waals surface area contributed by atoms with Crippen LogP contribution in [0.15, 0.2) is 36.4 Å². The fourth-order valence-electron chi connectivity index (χ4n) is 4.15. The van der Waals surface area contributed by atoms with Crippen LogP contribution in [0.2, 0.25) is 0 Å². The minimum Gasteiger partial charge on any atom is -0.454 e. The van der Waals surface area contributed by atoms with Crippen molar-refractivity contribution >= 4 is 23.4 Å². The molecule has 1 saturated heterocycles. The van der Waals surface area contributed by atoms with Gasteiger partial charge >= 0.3 is 0 Å². The van der Waals surface area contributed by atoms with Crippen LogP contribution in [0.25, 0.3) is 11.1 Å². The van der Waals surface area contributed by atoms with E-state index in [2.05, 4.69) is 5.32 Å². The number of nitrogens with one attached hydrogen (secondary N) is 1. The Morgan fingerprint density at radius 3 is 2.71 bits per heavy atom. The number of rotatable bonds is 3. The molecular formula is C22H21N3O6. The van der Waals surface area contributed by atoms with Gasteiger partial charge in [0.25, 0.3) is 5.91 Å². The second-order valence-corrected chi connectivity index (χ2v) is 7.60. The molecule has 160 valence electrons. The highest BCUT2D eigenvalue weighted by Gasteiger charge is 2.40. The van der Waals surface area contributed by atoms with Crippen molar-refractivity contribution in [3.8, 4) is 22.6 Å². The number of fused-ring (bicyclic) bond motifs is 3. The van der Waals surface area contributed by atoms with E-state index in [1.54, 1.807) is 21.9 Å². The number of methoxy groups -OCH3 is 1. The molecule has 0 spiro atoms. The topological polar surface area (TPSA) is 97.4 Å². The van der Waals surface area contributed by atoms with E-state index in [9.17, 15) is 14.4 Å². The van der Waals surface area contributed by atoms with Crippen LogP contribution >= 0.6 is 0 Å². The van der Waals surface area contributed by atoms with Gasteiger partial charge in [0.05, 0.1) is 17.8 Å². The standard InChI is InChI=1S/C22H21N3O6/c1-29-11-20(26)24-6-7-25-17(10-24)21(27)23-16-4-2-13(8-15(16)22(25)28)14-3-5-18-19(9-14)31-12-30-18/h2-5,8-9,17H,6-7,10-12H2,1H3,(H,23,27). The third-order valence-electron chi connectivity index (χ3n) is 5.78. The molecule has 3 heterocycles. The molecule has 2 aromatic rings. The number of benzene rings is 2. The van der Waals surface area contributed by atoms with Gasteiger partial charge < -0.3 is 29.3 Å². The van der Waals surface area contributed by atoms with E-state index in [1.807, 2.05) is 24.3 Å². The molecule has 3 aliphatic heterocycles. The summed E-state index contributed by atoms with van der Waals surface area (Å²) in [5.74, 6) is 0.599. The molecule has 0 bridgehead atoms. The lowest BCUT2D eigenvalue weighted by molar-refractivity contribution is -0.139. The summed E-state index contributed by atoms with van der Waals surface area (Å²) in [6, 6.07) is 10.2. The van der Waals surface area contributed by atoms with Crippen molar-refractivity contribution in [3.63, 3.8) is 0 Å². The van der Waals surface area contributed by atoms with Crippen molar-refractivity contribution in [3.05, 3.63) is 42.0 Å². The number of ether oxygens (including phenoxy) is 3. The first-order valence-electron chi connectivity index (χ1n) is 9.98. The quantitative estimate of drug-likeness (QED) is 0.800. The Morgan fingerprint density at radius 2 is 1.87 bits per heavy atom. The zero-order chi connectivity index (χ0) is 21.5. The number of carbonyl (C=O) groups is 3. The van der Waals surface area contributed by atoms with E-state index < -0.39 is 6.04 Å². The fourth-order valence-corrected chi connectivity index (χ4v) is 4.15. The molecule has 1 atom stereocenters. The van der Waals surface area contributed by atoms with Gasteiger partial charge in [0, 0.05) is 20.2 Å². The van der Waals surface area contributed by atoms with Crippen LogP contribution in [0.4, 0.5) is 5.69 Å². The molecule has 9 heteroatoms. The summed E-state index contributed by atoms with van der Waals surface area (Å²) in [7, 11) is 1.45. The highest BCUT2D eigenvalue weighted by Crippen LogP contribution is 2.37. The average Bonchev–Trinajstić information content (AvgIpc) is 3.23. The van der Waals surface area contributed by atoms with E-state index in [4.69, 9.17) is 14.2 Å². The second-order valence-electron chi connectivity index (χ2n) is 7.60. The smallest absolute Gasteiger partial charge is 0.256 e. The maximum absolute atomic E-state index is 13.4. The van der Waals surface area contributed by atoms with Crippen molar-refractivity contribution < 1.29 is 28.6 Å². The molecule has 0 saturated carbocycles. The summed E-state index contributed by atoms with van der Waals surface area (Å²) in [5, 5.41) is 2.85. The van der Waals surface area contributed by atoms with Crippen molar-refractivity contribution in [2.75, 3.05) is 45.5 Å². The summed E-state index contributed by atoms with van der Waals surface area (Å²) in [6.45, 7) is 0.910. The molecule has 1 fully saturated rings. The number of nitrogens with zero attached hydrogens (tertiary/aromatic N) is 2. The molecule has 0 radical (unpaired) electrons. The van der Waals surface area contributed by atoms with E-state index in [0.717, 1.165) is 11.1 Å². The lowest BCUT2D eigenvalue weighted by atomic mass is 10.0. The Morgan fingerprint density at radius 1 is 1.10 bits per heavy atom. The maximum Gasteiger partial charge on any atom is 0.256 e. The van der Waals surface area contributed by atoms with Crippen LogP contribution in [0.1, 0.15) is 10.4 Å². The molecule has 31 heavy (non-hydrogen) atoms. The first-order chi connectivity index (χ1) is 15.0. The fraction of sp³-hybridized carbons (Fsp3) is 0.318. The van der Waals surface area contributed by atoms with Crippen LogP contribution < -0.4 is 14.8 Å². The lowest BCUT2D eigenvalue weighted by Gasteiger charge is -2.39. The number of hydrogen-bond donors (Lipinski definition) is 1. The number of carbonyl (C=O) groups excluding carboxylic acids is 3. The highest BCUT2D eigenvalue weighted by molar-refractivity contribution is 6.10. The largest absolute Gasteiger partial charge is 0.454 e. The predicted molar refractivity (Wildman–Crippen MR) is 110 cm³/mol. The van der Waals surface area contributed by atoms with Crippen LogP contribution in [-0.2, 0) is 14.3 Å². The summed E-state index contributed by atoms with van der Waals surface area (Å²) in [5.41, 5.74) is 2.58. The van der Waals surface area contributed by atoms with Crippen LogP contribution in [0.3, 0.4) is 0 Å². The van der Waals surface area contributed by atoms with Crippen molar-refractivity contribution in [2.45, 2.75) is 6.04 Å². The van der Waals surface area contributed by atoms with Gasteiger partial charge in [0.1, 0.15) is 12.6 Å². The van der Waals surface area contributed by atoms with Gasteiger partial charge in [0.15, 0.2) is 11.5 Å². The maximum atomic E-state index is 13.4. The van der Waals surface area contributed by atoms with E-state index in [-0.39, 0.29) is 44.2 Å². The third-order valence-corrected chi connectivity index (χ3v) is 5.78. The van der Waals surface area contributed by atoms with Crippen LogP contribution in [0.5, 0.6) is 11.5 Å². The average molecular weight is 423 g/mol. The Bertz CT molecular complexity index is 1080. The molecule has 3 amide bonds. The van der Waals surface area contributed by atoms with Crippen LogP contribution in [-0.4, -0.2) is 73.7 Å². The molecule has 2 aromatic carbocycles. The summed E-state index contributed by atoms with van der Waals surface area (Å²) >= 11 is 0.